The first-order chi connectivity index (χ1) is 20.4. The van der Waals surface area contributed by atoms with Crippen molar-refractivity contribution in [1.29, 1.82) is 0 Å². The second-order valence-electron chi connectivity index (χ2n) is 10.6. The summed E-state index contributed by atoms with van der Waals surface area (Å²) in [5, 5.41) is 11.4. The van der Waals surface area contributed by atoms with Crippen molar-refractivity contribution in [1.82, 2.24) is 4.98 Å². The third-order valence-electron chi connectivity index (χ3n) is 8.54. The predicted octanol–water partition coefficient (Wildman–Crippen LogP) is 8.01. The summed E-state index contributed by atoms with van der Waals surface area (Å²) in [4.78, 5) is 31.2. The van der Waals surface area contributed by atoms with Crippen molar-refractivity contribution in [3.63, 3.8) is 0 Å². The quantitative estimate of drug-likeness (QED) is 0.195. The Hall–Kier alpha value is -4.97. The van der Waals surface area contributed by atoms with E-state index in [2.05, 4.69) is 43.1 Å². The van der Waals surface area contributed by atoms with Crippen LogP contribution in [-0.2, 0) is 5.41 Å². The Morgan fingerprint density at radius 3 is 1.98 bits per heavy atom. The largest absolute Gasteiger partial charge is 0.506 e. The molecule has 6 nitrogen and oxygen atoms in total. The zero-order chi connectivity index (χ0) is 29.4. The lowest BCUT2D eigenvalue weighted by atomic mass is 9.70. The lowest BCUT2D eigenvalue weighted by molar-refractivity contribution is 0.0886. The number of Topliss-reactive ketones (excluding diaryl/α,β-unsaturated/α-hetero) is 2. The Morgan fingerprint density at radius 2 is 1.33 bits per heavy atom. The summed E-state index contributed by atoms with van der Waals surface area (Å²) < 4.78 is 11.5. The number of hydrogen-bond acceptors (Lipinski definition) is 6. The molecule has 0 bridgehead atoms. The number of hydrogen-bond donors (Lipinski definition) is 1. The monoisotopic (exact) mass is 557 g/mol. The Balaban J connectivity index is 1.26. The molecule has 42 heavy (non-hydrogen) atoms. The van der Waals surface area contributed by atoms with Gasteiger partial charge in [0.15, 0.2) is 11.6 Å². The molecule has 0 fully saturated rings. The average Bonchev–Trinajstić information content (AvgIpc) is 3.27. The number of carbonyl (C=O) groups is 2. The number of aromatic hydroxyl groups is 1. The van der Waals surface area contributed by atoms with Gasteiger partial charge in [0.25, 0.3) is 0 Å². The van der Waals surface area contributed by atoms with Gasteiger partial charge in [-0.15, -0.1) is 0 Å². The van der Waals surface area contributed by atoms with Crippen molar-refractivity contribution < 1.29 is 24.2 Å². The van der Waals surface area contributed by atoms with Gasteiger partial charge in [-0.3, -0.25) is 9.59 Å². The highest BCUT2D eigenvalue weighted by atomic mass is 16.5. The lowest BCUT2D eigenvalue weighted by Crippen LogP contribution is -2.25. The van der Waals surface area contributed by atoms with Crippen LogP contribution in [0.3, 0.4) is 0 Å². The molecule has 0 saturated carbocycles. The van der Waals surface area contributed by atoms with E-state index in [1.54, 1.807) is 37.4 Å². The van der Waals surface area contributed by atoms with Crippen LogP contribution in [0.4, 0.5) is 0 Å². The van der Waals surface area contributed by atoms with Gasteiger partial charge in [0, 0.05) is 21.9 Å². The summed E-state index contributed by atoms with van der Waals surface area (Å²) >= 11 is 0. The SMILES string of the molecule is CCC(CC)(c1ccc(OC)cc1)c1ccc(Oc2ccc3c(c2)C(=O)C(c2nc4ccccc4cc2O)C3=O)cc1. The molecule has 5 aromatic rings. The molecule has 210 valence electrons. The Kier molecular flexibility index (Phi) is 6.99. The van der Waals surface area contributed by atoms with Gasteiger partial charge in [-0.2, -0.15) is 0 Å². The molecule has 6 heteroatoms. The molecule has 0 radical (unpaired) electrons. The van der Waals surface area contributed by atoms with E-state index in [-0.39, 0.29) is 28.2 Å². The van der Waals surface area contributed by atoms with E-state index in [0.29, 0.717) is 22.6 Å². The van der Waals surface area contributed by atoms with Gasteiger partial charge in [-0.1, -0.05) is 56.3 Å². The number of carbonyl (C=O) groups excluding carboxylic acids is 2. The van der Waals surface area contributed by atoms with Crippen LogP contribution in [-0.4, -0.2) is 28.8 Å². The predicted molar refractivity (Wildman–Crippen MR) is 162 cm³/mol. The van der Waals surface area contributed by atoms with Crippen molar-refractivity contribution in [3.8, 4) is 23.0 Å². The molecule has 0 aliphatic heterocycles. The summed E-state index contributed by atoms with van der Waals surface area (Å²) in [7, 11) is 1.67. The molecule has 1 N–H and O–H groups in total. The number of methoxy groups -OCH3 is 1. The number of pyridine rings is 1. The second kappa shape index (κ2) is 10.8. The highest BCUT2D eigenvalue weighted by Crippen LogP contribution is 2.42. The number of rotatable bonds is 8. The van der Waals surface area contributed by atoms with Gasteiger partial charge in [-0.05, 0) is 78.6 Å². The van der Waals surface area contributed by atoms with E-state index < -0.39 is 11.7 Å². The maximum atomic E-state index is 13.5. The molecule has 1 aliphatic carbocycles. The van der Waals surface area contributed by atoms with Crippen molar-refractivity contribution in [2.24, 2.45) is 0 Å². The van der Waals surface area contributed by atoms with Gasteiger partial charge in [0.2, 0.25) is 0 Å². The molecule has 0 amide bonds. The third kappa shape index (κ3) is 4.49. The van der Waals surface area contributed by atoms with Gasteiger partial charge >= 0.3 is 0 Å². The summed E-state index contributed by atoms with van der Waals surface area (Å²) in [5.74, 6) is -0.233. The average molecular weight is 558 g/mol. The lowest BCUT2D eigenvalue weighted by Gasteiger charge is -2.33. The zero-order valence-corrected chi connectivity index (χ0v) is 23.8. The standard InChI is InChI=1S/C36H31NO5/c1-4-36(5-2,23-10-14-25(41-3)15-11-23)24-12-16-26(17-13-24)42-27-18-19-28-29(21-27)35(40)32(34(28)39)33-31(38)20-22-8-6-7-9-30(22)37-33/h6-21,32,38H,4-5H2,1-3H3. The summed E-state index contributed by atoms with van der Waals surface area (Å²) in [6.07, 6.45) is 1.86. The molecule has 1 atom stereocenters. The number of fused-ring (bicyclic) bond motifs is 2. The Morgan fingerprint density at radius 1 is 0.738 bits per heavy atom. The van der Waals surface area contributed by atoms with Gasteiger partial charge in [-0.25, -0.2) is 4.98 Å². The summed E-state index contributed by atoms with van der Waals surface area (Å²) in [6.45, 7) is 4.39. The van der Waals surface area contributed by atoms with Crippen LogP contribution in [0.1, 0.15) is 70.1 Å². The second-order valence-corrected chi connectivity index (χ2v) is 10.6. The topological polar surface area (TPSA) is 85.7 Å². The van der Waals surface area contributed by atoms with Crippen LogP contribution < -0.4 is 9.47 Å². The van der Waals surface area contributed by atoms with E-state index in [9.17, 15) is 14.7 Å². The van der Waals surface area contributed by atoms with Crippen LogP contribution in [0.25, 0.3) is 10.9 Å². The van der Waals surface area contributed by atoms with Crippen molar-refractivity contribution in [2.75, 3.05) is 7.11 Å². The molecular formula is C36H31NO5. The number of nitrogens with zero attached hydrogens (tertiary/aromatic N) is 1. The fourth-order valence-corrected chi connectivity index (χ4v) is 6.14. The molecular weight excluding hydrogens is 526 g/mol. The van der Waals surface area contributed by atoms with Crippen molar-refractivity contribution in [3.05, 3.63) is 125 Å². The molecule has 1 aromatic heterocycles. The normalized spacial score (nSPS) is 14.7. The van der Waals surface area contributed by atoms with Gasteiger partial charge in [0.05, 0.1) is 12.6 Å². The highest BCUT2D eigenvalue weighted by Gasteiger charge is 2.42. The van der Waals surface area contributed by atoms with Crippen LogP contribution >= 0.6 is 0 Å². The van der Waals surface area contributed by atoms with Crippen molar-refractivity contribution in [2.45, 2.75) is 38.0 Å². The highest BCUT2D eigenvalue weighted by molar-refractivity contribution is 6.30. The molecule has 1 unspecified atom stereocenters. The first-order valence-corrected chi connectivity index (χ1v) is 14.1. The number of ether oxygens (including phenoxy) is 2. The molecule has 0 spiro atoms. The minimum absolute atomic E-state index is 0.0742. The molecule has 0 saturated heterocycles. The zero-order valence-electron chi connectivity index (χ0n) is 23.8. The van der Waals surface area contributed by atoms with E-state index in [1.807, 2.05) is 42.5 Å². The third-order valence-corrected chi connectivity index (χ3v) is 8.54. The van der Waals surface area contributed by atoms with Crippen LogP contribution in [0.5, 0.6) is 23.0 Å². The Bertz CT molecular complexity index is 1800. The minimum Gasteiger partial charge on any atom is -0.506 e. The van der Waals surface area contributed by atoms with Gasteiger partial charge in [0.1, 0.15) is 34.6 Å². The summed E-state index contributed by atoms with van der Waals surface area (Å²) in [5.41, 5.74) is 3.51. The van der Waals surface area contributed by atoms with Crippen LogP contribution in [0, 0.1) is 0 Å². The maximum absolute atomic E-state index is 13.5. The van der Waals surface area contributed by atoms with E-state index in [1.165, 1.54) is 11.1 Å². The van der Waals surface area contributed by atoms with E-state index in [0.717, 1.165) is 24.0 Å². The van der Waals surface area contributed by atoms with E-state index in [4.69, 9.17) is 9.47 Å². The Labute approximate surface area is 244 Å². The molecule has 1 heterocycles. The van der Waals surface area contributed by atoms with Gasteiger partial charge < -0.3 is 14.6 Å². The number of ketones is 2. The van der Waals surface area contributed by atoms with Crippen molar-refractivity contribution >= 4 is 22.5 Å². The van der Waals surface area contributed by atoms with E-state index >= 15 is 0 Å². The number of aromatic nitrogens is 1. The molecule has 1 aliphatic rings. The minimum atomic E-state index is -1.19. The number of para-hydroxylation sites is 1. The van der Waals surface area contributed by atoms with Crippen LogP contribution in [0.15, 0.2) is 97.1 Å². The summed E-state index contributed by atoms with van der Waals surface area (Å²) in [6, 6.07) is 30.0. The molecule has 4 aromatic carbocycles. The smallest absolute Gasteiger partial charge is 0.180 e. The first-order valence-electron chi connectivity index (χ1n) is 14.1. The van der Waals surface area contributed by atoms with Crippen LogP contribution in [0.2, 0.25) is 0 Å². The fourth-order valence-electron chi connectivity index (χ4n) is 6.14. The molecule has 6 rings (SSSR count). The first kappa shape index (κ1) is 27.2. The fraction of sp³-hybridized carbons (Fsp3) is 0.194. The maximum Gasteiger partial charge on any atom is 0.180 e. The number of benzene rings is 4.